The van der Waals surface area contributed by atoms with Crippen LogP contribution >= 0.6 is 0 Å². The summed E-state index contributed by atoms with van der Waals surface area (Å²) in [6.45, 7) is 1.91. The van der Waals surface area contributed by atoms with E-state index in [0.717, 1.165) is 31.2 Å². The molecule has 1 aliphatic carbocycles. The van der Waals surface area contributed by atoms with Gasteiger partial charge in [-0.1, -0.05) is 43.2 Å². The fourth-order valence-electron chi connectivity index (χ4n) is 4.01. The number of nitro groups is 1. The lowest BCUT2D eigenvalue weighted by molar-refractivity contribution is -0.385. The third kappa shape index (κ3) is 5.84. The molecule has 1 fully saturated rings. The van der Waals surface area contributed by atoms with E-state index in [4.69, 9.17) is 4.74 Å². The number of nitrogens with zero attached hydrogens (tertiary/aromatic N) is 2. The van der Waals surface area contributed by atoms with Gasteiger partial charge in [0.25, 0.3) is 5.69 Å². The summed E-state index contributed by atoms with van der Waals surface area (Å²) in [5.41, 5.74) is 1.06. The van der Waals surface area contributed by atoms with Crippen molar-refractivity contribution in [2.75, 3.05) is 7.11 Å². The molecule has 170 valence electrons. The summed E-state index contributed by atoms with van der Waals surface area (Å²) in [5, 5.41) is 14.4. The highest BCUT2D eigenvalue weighted by atomic mass is 16.6. The first kappa shape index (κ1) is 23.2. The van der Waals surface area contributed by atoms with Gasteiger partial charge >= 0.3 is 0 Å². The van der Waals surface area contributed by atoms with E-state index in [1.54, 1.807) is 44.4 Å². The van der Waals surface area contributed by atoms with Crippen molar-refractivity contribution in [1.29, 1.82) is 0 Å². The Labute approximate surface area is 187 Å². The number of benzene rings is 2. The Morgan fingerprint density at radius 2 is 1.81 bits per heavy atom. The van der Waals surface area contributed by atoms with Crippen LogP contribution in [0.1, 0.15) is 43.7 Å². The van der Waals surface area contributed by atoms with Crippen molar-refractivity contribution in [3.05, 3.63) is 69.8 Å². The number of carbonyl (C=O) groups is 2. The van der Waals surface area contributed by atoms with Gasteiger partial charge in [-0.2, -0.15) is 0 Å². The number of para-hydroxylation sites is 1. The molecule has 2 aromatic carbocycles. The van der Waals surface area contributed by atoms with E-state index in [2.05, 4.69) is 5.32 Å². The molecular formula is C24H29N3O5. The van der Waals surface area contributed by atoms with Gasteiger partial charge in [0.05, 0.1) is 18.5 Å². The minimum atomic E-state index is -0.715. The number of methoxy groups -OCH3 is 1. The molecule has 0 aliphatic heterocycles. The Balaban J connectivity index is 1.81. The predicted molar refractivity (Wildman–Crippen MR) is 120 cm³/mol. The minimum absolute atomic E-state index is 0.103. The molecule has 8 nitrogen and oxygen atoms in total. The maximum atomic E-state index is 13.3. The number of hydrogen-bond acceptors (Lipinski definition) is 5. The van der Waals surface area contributed by atoms with Gasteiger partial charge in [-0.05, 0) is 37.5 Å². The van der Waals surface area contributed by atoms with Gasteiger partial charge in [0.2, 0.25) is 11.8 Å². The van der Waals surface area contributed by atoms with Crippen molar-refractivity contribution in [3.8, 4) is 5.75 Å². The van der Waals surface area contributed by atoms with Crippen LogP contribution in [0.2, 0.25) is 0 Å². The van der Waals surface area contributed by atoms with Crippen molar-refractivity contribution in [1.82, 2.24) is 10.2 Å². The van der Waals surface area contributed by atoms with Crippen molar-refractivity contribution >= 4 is 17.5 Å². The minimum Gasteiger partial charge on any atom is -0.497 e. The average Bonchev–Trinajstić information content (AvgIpc) is 3.30. The molecule has 0 spiro atoms. The van der Waals surface area contributed by atoms with E-state index in [1.807, 2.05) is 12.1 Å². The normalized spacial score (nSPS) is 14.6. The van der Waals surface area contributed by atoms with Crippen LogP contribution in [0.3, 0.4) is 0 Å². The van der Waals surface area contributed by atoms with Gasteiger partial charge in [-0.3, -0.25) is 19.7 Å². The lowest BCUT2D eigenvalue weighted by atomic mass is 10.1. The maximum Gasteiger partial charge on any atom is 0.273 e. The highest BCUT2D eigenvalue weighted by Gasteiger charge is 2.29. The SMILES string of the molecule is COc1ccc(CN(C(=O)Cc2ccccc2[N+](=O)[O-])[C@@H](C)C(=O)NC2CCCC2)cc1. The topological polar surface area (TPSA) is 102 Å². The zero-order valence-electron chi connectivity index (χ0n) is 18.5. The fraction of sp³-hybridized carbons (Fsp3) is 0.417. The zero-order chi connectivity index (χ0) is 23.1. The Bertz CT molecular complexity index is 954. The Kier molecular flexibility index (Phi) is 7.81. The van der Waals surface area contributed by atoms with Gasteiger partial charge in [-0.25, -0.2) is 0 Å². The zero-order valence-corrected chi connectivity index (χ0v) is 18.5. The van der Waals surface area contributed by atoms with Crippen molar-refractivity contribution in [3.63, 3.8) is 0 Å². The lowest BCUT2D eigenvalue weighted by Crippen LogP contribution is -2.50. The van der Waals surface area contributed by atoms with Crippen LogP contribution in [0, 0.1) is 10.1 Å². The van der Waals surface area contributed by atoms with E-state index in [1.165, 1.54) is 11.0 Å². The number of carbonyl (C=O) groups excluding carboxylic acids is 2. The molecule has 1 atom stereocenters. The van der Waals surface area contributed by atoms with Gasteiger partial charge in [0.1, 0.15) is 11.8 Å². The van der Waals surface area contributed by atoms with Crippen molar-refractivity contribution in [2.24, 2.45) is 0 Å². The van der Waals surface area contributed by atoms with Crippen LogP contribution in [0.5, 0.6) is 5.75 Å². The van der Waals surface area contributed by atoms with E-state index in [-0.39, 0.29) is 36.5 Å². The highest BCUT2D eigenvalue weighted by molar-refractivity contribution is 5.88. The number of nitro benzene ring substituents is 1. The predicted octanol–water partition coefficient (Wildman–Crippen LogP) is 3.62. The third-order valence-electron chi connectivity index (χ3n) is 5.91. The molecule has 3 rings (SSSR count). The summed E-state index contributed by atoms with van der Waals surface area (Å²) < 4.78 is 5.19. The van der Waals surface area contributed by atoms with Crippen molar-refractivity contribution in [2.45, 2.75) is 57.7 Å². The maximum absolute atomic E-state index is 13.3. The molecule has 1 N–H and O–H groups in total. The molecule has 0 bridgehead atoms. The summed E-state index contributed by atoms with van der Waals surface area (Å²) in [6, 6.07) is 12.9. The molecule has 1 saturated carbocycles. The van der Waals surface area contributed by atoms with Gasteiger partial charge in [-0.15, -0.1) is 0 Å². The van der Waals surface area contributed by atoms with Crippen LogP contribution in [0.4, 0.5) is 5.69 Å². The first-order valence-electron chi connectivity index (χ1n) is 10.8. The van der Waals surface area contributed by atoms with Gasteiger partial charge in [0, 0.05) is 24.2 Å². The molecule has 8 heteroatoms. The summed E-state index contributed by atoms with van der Waals surface area (Å²) in [5.74, 6) is 0.143. The molecule has 2 amide bonds. The summed E-state index contributed by atoms with van der Waals surface area (Å²) in [4.78, 5) is 38.6. The van der Waals surface area contributed by atoms with Gasteiger partial charge < -0.3 is 15.0 Å². The summed E-state index contributed by atoms with van der Waals surface area (Å²) in [7, 11) is 1.58. The number of amides is 2. The standard InChI is InChI=1S/C24H29N3O5/c1-17(24(29)25-20-8-4-5-9-20)26(16-18-11-13-21(32-2)14-12-18)23(28)15-19-7-3-6-10-22(19)27(30)31/h3,6-7,10-14,17,20H,4-5,8-9,15-16H2,1-2H3,(H,25,29)/t17-/m0/s1. The Morgan fingerprint density at radius 3 is 2.44 bits per heavy atom. The number of ether oxygens (including phenoxy) is 1. The molecule has 0 unspecified atom stereocenters. The summed E-state index contributed by atoms with van der Waals surface area (Å²) >= 11 is 0. The number of hydrogen-bond donors (Lipinski definition) is 1. The Hall–Kier alpha value is -3.42. The van der Waals surface area contributed by atoms with Gasteiger partial charge in [0.15, 0.2) is 0 Å². The summed E-state index contributed by atoms with van der Waals surface area (Å²) in [6.07, 6.45) is 3.91. The molecule has 0 heterocycles. The molecular weight excluding hydrogens is 410 g/mol. The first-order valence-corrected chi connectivity index (χ1v) is 10.8. The molecule has 0 radical (unpaired) electrons. The smallest absolute Gasteiger partial charge is 0.273 e. The monoisotopic (exact) mass is 439 g/mol. The first-order chi connectivity index (χ1) is 15.4. The third-order valence-corrected chi connectivity index (χ3v) is 5.91. The number of nitrogens with one attached hydrogen (secondary N) is 1. The second-order valence-electron chi connectivity index (χ2n) is 8.10. The van der Waals surface area contributed by atoms with Crippen LogP contribution in [0.15, 0.2) is 48.5 Å². The van der Waals surface area contributed by atoms with E-state index in [0.29, 0.717) is 11.3 Å². The van der Waals surface area contributed by atoms with Crippen LogP contribution in [0.25, 0.3) is 0 Å². The largest absolute Gasteiger partial charge is 0.497 e. The second kappa shape index (κ2) is 10.7. The van der Waals surface area contributed by atoms with E-state index in [9.17, 15) is 19.7 Å². The van der Waals surface area contributed by atoms with Crippen LogP contribution in [-0.2, 0) is 22.6 Å². The highest BCUT2D eigenvalue weighted by Crippen LogP contribution is 2.22. The number of rotatable bonds is 9. The molecule has 0 aromatic heterocycles. The van der Waals surface area contributed by atoms with Crippen LogP contribution in [-0.4, -0.2) is 40.8 Å². The van der Waals surface area contributed by atoms with Crippen molar-refractivity contribution < 1.29 is 19.2 Å². The van der Waals surface area contributed by atoms with E-state index < -0.39 is 11.0 Å². The molecule has 1 aliphatic rings. The molecule has 2 aromatic rings. The molecule has 0 saturated heterocycles. The average molecular weight is 440 g/mol. The second-order valence-corrected chi connectivity index (χ2v) is 8.10. The molecule has 32 heavy (non-hydrogen) atoms. The fourth-order valence-corrected chi connectivity index (χ4v) is 4.01. The quantitative estimate of drug-likeness (QED) is 0.475. The Morgan fingerprint density at radius 1 is 1.16 bits per heavy atom. The van der Waals surface area contributed by atoms with E-state index >= 15 is 0 Å². The lowest BCUT2D eigenvalue weighted by Gasteiger charge is -2.30. The van der Waals surface area contributed by atoms with Crippen LogP contribution < -0.4 is 10.1 Å².